The molecule has 2 atom stereocenters. The van der Waals surface area contributed by atoms with Gasteiger partial charge >= 0.3 is 0 Å². The fourth-order valence-corrected chi connectivity index (χ4v) is 4.48. The summed E-state index contributed by atoms with van der Waals surface area (Å²) in [6.45, 7) is 3.29. The minimum Gasteiger partial charge on any atom is -0.496 e. The van der Waals surface area contributed by atoms with E-state index in [4.69, 9.17) is 4.74 Å². The highest BCUT2D eigenvalue weighted by atomic mass is 32.1. The molecule has 0 aliphatic carbocycles. The number of hydrogen-bond donors (Lipinski definition) is 1. The summed E-state index contributed by atoms with van der Waals surface area (Å²) in [7, 11) is 1.63. The summed E-state index contributed by atoms with van der Waals surface area (Å²) in [4.78, 5) is 28.9. The van der Waals surface area contributed by atoms with Crippen LogP contribution in [-0.4, -0.2) is 30.4 Å². The molecule has 5 nitrogen and oxygen atoms in total. The molecule has 0 unspecified atom stereocenters. The van der Waals surface area contributed by atoms with E-state index in [0.717, 1.165) is 29.0 Å². The van der Waals surface area contributed by atoms with Crippen molar-refractivity contribution in [3.63, 3.8) is 0 Å². The van der Waals surface area contributed by atoms with E-state index in [-0.39, 0.29) is 23.8 Å². The molecular weight excluding hydrogens is 372 g/mol. The van der Waals surface area contributed by atoms with Crippen molar-refractivity contribution >= 4 is 23.2 Å². The standard InChI is InChI=1S/C22H28N2O3S/c1-3-4-13-24-20(25)12-11-18(22(26)23-15-16-8-7-14-28-16)21(24)17-9-5-6-10-19(17)27-2/h5-10,14,18,21H,3-4,11-13,15H2,1-2H3,(H,23,26)/t18-,21+/m0/s1. The zero-order chi connectivity index (χ0) is 19.9. The van der Waals surface area contributed by atoms with Crippen LogP contribution in [0.25, 0.3) is 0 Å². The lowest BCUT2D eigenvalue weighted by molar-refractivity contribution is -0.143. The molecule has 1 aliphatic rings. The maximum absolute atomic E-state index is 13.1. The molecule has 1 aromatic heterocycles. The number of carbonyl (C=O) groups is 2. The SMILES string of the molecule is CCCCN1C(=O)CC[C@H](C(=O)NCc2cccs2)[C@H]1c1ccccc1OC. The molecule has 1 N–H and O–H groups in total. The number of likely N-dealkylation sites (tertiary alicyclic amines) is 1. The molecule has 2 amide bonds. The number of unbranched alkanes of at least 4 members (excludes halogenated alkanes) is 1. The number of para-hydroxylation sites is 1. The normalized spacial score (nSPS) is 19.5. The molecule has 1 aromatic carbocycles. The average Bonchev–Trinajstić information content (AvgIpc) is 3.24. The van der Waals surface area contributed by atoms with Crippen LogP contribution >= 0.6 is 11.3 Å². The number of piperidine rings is 1. The van der Waals surface area contributed by atoms with Gasteiger partial charge in [0.15, 0.2) is 0 Å². The zero-order valence-corrected chi connectivity index (χ0v) is 17.3. The molecule has 1 saturated heterocycles. The van der Waals surface area contributed by atoms with E-state index >= 15 is 0 Å². The van der Waals surface area contributed by atoms with Gasteiger partial charge in [-0.15, -0.1) is 11.3 Å². The number of thiophene rings is 1. The minimum atomic E-state index is -0.299. The number of ether oxygens (including phenoxy) is 1. The van der Waals surface area contributed by atoms with Gasteiger partial charge < -0.3 is 15.0 Å². The lowest BCUT2D eigenvalue weighted by Crippen LogP contribution is -2.48. The highest BCUT2D eigenvalue weighted by Crippen LogP contribution is 2.40. The van der Waals surface area contributed by atoms with E-state index in [9.17, 15) is 9.59 Å². The number of hydrogen-bond acceptors (Lipinski definition) is 4. The van der Waals surface area contributed by atoms with Crippen LogP contribution in [0.4, 0.5) is 0 Å². The largest absolute Gasteiger partial charge is 0.496 e. The Balaban J connectivity index is 1.89. The maximum atomic E-state index is 13.1. The lowest BCUT2D eigenvalue weighted by Gasteiger charge is -2.41. The van der Waals surface area contributed by atoms with Crippen molar-refractivity contribution < 1.29 is 14.3 Å². The van der Waals surface area contributed by atoms with E-state index in [2.05, 4.69) is 12.2 Å². The number of nitrogens with zero attached hydrogens (tertiary/aromatic N) is 1. The molecule has 6 heteroatoms. The Labute approximate surface area is 170 Å². The van der Waals surface area contributed by atoms with Gasteiger partial charge in [-0.3, -0.25) is 9.59 Å². The van der Waals surface area contributed by atoms with Gasteiger partial charge in [0.25, 0.3) is 0 Å². The van der Waals surface area contributed by atoms with Crippen LogP contribution in [0.1, 0.15) is 49.1 Å². The number of benzene rings is 1. The molecule has 0 radical (unpaired) electrons. The van der Waals surface area contributed by atoms with Crippen molar-refractivity contribution in [1.29, 1.82) is 0 Å². The Hall–Kier alpha value is -2.34. The number of amides is 2. The smallest absolute Gasteiger partial charge is 0.225 e. The number of carbonyl (C=O) groups excluding carboxylic acids is 2. The Kier molecular flexibility index (Phi) is 7.09. The van der Waals surface area contributed by atoms with E-state index in [0.29, 0.717) is 25.9 Å². The van der Waals surface area contributed by atoms with Crippen LogP contribution < -0.4 is 10.1 Å². The predicted octanol–water partition coefficient (Wildman–Crippen LogP) is 4.15. The van der Waals surface area contributed by atoms with E-state index in [1.54, 1.807) is 18.4 Å². The first-order chi connectivity index (χ1) is 13.7. The van der Waals surface area contributed by atoms with Crippen molar-refractivity contribution in [3.05, 3.63) is 52.2 Å². The molecule has 1 aliphatic heterocycles. The molecule has 28 heavy (non-hydrogen) atoms. The van der Waals surface area contributed by atoms with Crippen LogP contribution in [0.3, 0.4) is 0 Å². The summed E-state index contributed by atoms with van der Waals surface area (Å²) in [5, 5.41) is 5.08. The first kappa shape index (κ1) is 20.4. The topological polar surface area (TPSA) is 58.6 Å². The first-order valence-corrected chi connectivity index (χ1v) is 10.8. The third-order valence-corrected chi connectivity index (χ3v) is 6.15. The summed E-state index contributed by atoms with van der Waals surface area (Å²) in [6.07, 6.45) is 2.88. The van der Waals surface area contributed by atoms with Crippen LogP contribution in [0, 0.1) is 5.92 Å². The summed E-state index contributed by atoms with van der Waals surface area (Å²) in [6, 6.07) is 11.4. The Bertz CT molecular complexity index is 791. The van der Waals surface area contributed by atoms with E-state index < -0.39 is 0 Å². The molecule has 2 aromatic rings. The van der Waals surface area contributed by atoms with Crippen molar-refractivity contribution in [1.82, 2.24) is 10.2 Å². The Morgan fingerprint density at radius 1 is 1.29 bits per heavy atom. The molecule has 150 valence electrons. The van der Waals surface area contributed by atoms with Crippen LogP contribution in [0.2, 0.25) is 0 Å². The van der Waals surface area contributed by atoms with Crippen molar-refractivity contribution in [2.24, 2.45) is 5.92 Å². The van der Waals surface area contributed by atoms with Gasteiger partial charge in [-0.1, -0.05) is 37.6 Å². The second-order valence-electron chi connectivity index (χ2n) is 7.07. The van der Waals surface area contributed by atoms with E-state index in [1.807, 2.05) is 46.7 Å². The fourth-order valence-electron chi connectivity index (χ4n) is 3.83. The third kappa shape index (κ3) is 4.55. The second kappa shape index (κ2) is 9.73. The average molecular weight is 401 g/mol. The summed E-state index contributed by atoms with van der Waals surface area (Å²) in [5.41, 5.74) is 0.908. The molecule has 0 saturated carbocycles. The minimum absolute atomic E-state index is 0.00157. The van der Waals surface area contributed by atoms with Gasteiger partial charge in [-0.25, -0.2) is 0 Å². The summed E-state index contributed by atoms with van der Waals surface area (Å²) < 4.78 is 5.57. The predicted molar refractivity (Wildman–Crippen MR) is 111 cm³/mol. The van der Waals surface area contributed by atoms with E-state index in [1.165, 1.54) is 0 Å². The molecular formula is C22H28N2O3S. The summed E-state index contributed by atoms with van der Waals surface area (Å²) >= 11 is 1.63. The highest BCUT2D eigenvalue weighted by Gasteiger charge is 2.41. The molecule has 0 spiro atoms. The van der Waals surface area contributed by atoms with Crippen LogP contribution in [0.15, 0.2) is 41.8 Å². The van der Waals surface area contributed by atoms with Gasteiger partial charge in [0.1, 0.15) is 5.75 Å². The molecule has 3 rings (SSSR count). The van der Waals surface area contributed by atoms with Gasteiger partial charge in [-0.2, -0.15) is 0 Å². The highest BCUT2D eigenvalue weighted by molar-refractivity contribution is 7.09. The van der Waals surface area contributed by atoms with Gasteiger partial charge in [-0.05, 0) is 30.4 Å². The van der Waals surface area contributed by atoms with Crippen molar-refractivity contribution in [2.75, 3.05) is 13.7 Å². The fraction of sp³-hybridized carbons (Fsp3) is 0.455. The maximum Gasteiger partial charge on any atom is 0.225 e. The quantitative estimate of drug-likeness (QED) is 0.724. The Morgan fingerprint density at radius 3 is 2.82 bits per heavy atom. The first-order valence-electron chi connectivity index (χ1n) is 9.88. The number of methoxy groups -OCH3 is 1. The second-order valence-corrected chi connectivity index (χ2v) is 8.10. The Morgan fingerprint density at radius 2 is 2.11 bits per heavy atom. The summed E-state index contributed by atoms with van der Waals surface area (Å²) in [5.74, 6) is 0.551. The van der Waals surface area contributed by atoms with Crippen molar-refractivity contribution in [3.8, 4) is 5.75 Å². The van der Waals surface area contributed by atoms with Gasteiger partial charge in [0.05, 0.1) is 25.6 Å². The van der Waals surface area contributed by atoms with Crippen LogP contribution in [0.5, 0.6) is 5.75 Å². The molecule has 0 bridgehead atoms. The number of nitrogens with one attached hydrogen (secondary N) is 1. The zero-order valence-electron chi connectivity index (χ0n) is 16.5. The monoisotopic (exact) mass is 400 g/mol. The van der Waals surface area contributed by atoms with Gasteiger partial charge in [0, 0.05) is 23.4 Å². The number of rotatable bonds is 8. The molecule has 1 fully saturated rings. The van der Waals surface area contributed by atoms with Crippen molar-refractivity contribution in [2.45, 2.75) is 45.2 Å². The lowest BCUT2D eigenvalue weighted by atomic mass is 9.83. The molecule has 2 heterocycles. The third-order valence-electron chi connectivity index (χ3n) is 5.27. The van der Waals surface area contributed by atoms with Crippen LogP contribution in [-0.2, 0) is 16.1 Å². The van der Waals surface area contributed by atoms with Gasteiger partial charge in [0.2, 0.25) is 11.8 Å².